The quantitative estimate of drug-likeness (QED) is 0.491. The number of rotatable bonds is 8. The van der Waals surface area contributed by atoms with Gasteiger partial charge in [-0.25, -0.2) is 9.97 Å². The Hall–Kier alpha value is -2.72. The molecule has 2 aliphatic rings. The Morgan fingerprint density at radius 2 is 2.03 bits per heavy atom. The van der Waals surface area contributed by atoms with Crippen LogP contribution in [-0.4, -0.2) is 83.1 Å². The Balaban J connectivity index is 1.49. The minimum Gasteiger partial charge on any atom is -0.374 e. The molecule has 10 heteroatoms. The molecule has 1 amide bonds. The minimum absolute atomic E-state index is 0.126. The summed E-state index contributed by atoms with van der Waals surface area (Å²) in [5.74, 6) is 0.274. The van der Waals surface area contributed by atoms with Crippen LogP contribution in [0.5, 0.6) is 0 Å². The Labute approximate surface area is 205 Å². The molecule has 0 bridgehead atoms. The van der Waals surface area contributed by atoms with Crippen LogP contribution in [0.15, 0.2) is 43.2 Å². The maximum Gasteiger partial charge on any atom is 0.247 e. The average Bonchev–Trinajstić information content (AvgIpc) is 3.50. The fraction of sp³-hybridized carbons (Fsp3) is 0.458. The molecule has 3 heterocycles. The fourth-order valence-electron chi connectivity index (χ4n) is 4.55. The molecule has 2 unspecified atom stereocenters. The van der Waals surface area contributed by atoms with E-state index < -0.39 is 6.23 Å². The highest BCUT2D eigenvalue weighted by Gasteiger charge is 2.30. The van der Waals surface area contributed by atoms with Crippen molar-refractivity contribution in [3.8, 4) is 0 Å². The molecule has 4 rings (SSSR count). The van der Waals surface area contributed by atoms with Crippen LogP contribution in [0.1, 0.15) is 24.6 Å². The number of carbonyl (C=O) groups is 1. The summed E-state index contributed by atoms with van der Waals surface area (Å²) in [5, 5.41) is 17.9. The lowest BCUT2D eigenvalue weighted by Crippen LogP contribution is -2.32. The third-order valence-electron chi connectivity index (χ3n) is 6.52. The molecular weight excluding hydrogens is 454 g/mol. The van der Waals surface area contributed by atoms with Crippen LogP contribution in [0.2, 0.25) is 5.02 Å². The van der Waals surface area contributed by atoms with Crippen LogP contribution in [0, 0.1) is 0 Å². The first kappa shape index (κ1) is 24.4. The van der Waals surface area contributed by atoms with Crippen LogP contribution in [-0.2, 0) is 4.79 Å². The van der Waals surface area contributed by atoms with Crippen LogP contribution in [0.4, 0.5) is 17.3 Å². The summed E-state index contributed by atoms with van der Waals surface area (Å²) < 4.78 is 0. The predicted octanol–water partition coefficient (Wildman–Crippen LogP) is 2.57. The van der Waals surface area contributed by atoms with Gasteiger partial charge in [0.1, 0.15) is 6.23 Å². The number of nitrogens with zero attached hydrogens (tertiary/aromatic N) is 5. The zero-order chi connectivity index (χ0) is 24.2. The van der Waals surface area contributed by atoms with E-state index in [-0.39, 0.29) is 11.9 Å². The summed E-state index contributed by atoms with van der Waals surface area (Å²) in [4.78, 5) is 26.9. The number of likely N-dealkylation sites (tertiary alicyclic amines) is 1. The van der Waals surface area contributed by atoms with Gasteiger partial charge >= 0.3 is 0 Å². The molecule has 2 aliphatic heterocycles. The molecule has 0 radical (unpaired) electrons. The number of benzene rings is 1. The number of likely N-dealkylation sites (N-methyl/N-ethyl adjacent to an activating group) is 1. The van der Waals surface area contributed by atoms with Crippen molar-refractivity contribution in [1.82, 2.24) is 19.8 Å². The van der Waals surface area contributed by atoms with Gasteiger partial charge in [0.05, 0.1) is 28.8 Å². The van der Waals surface area contributed by atoms with Gasteiger partial charge in [0.25, 0.3) is 0 Å². The topological polar surface area (TPSA) is 96.9 Å². The summed E-state index contributed by atoms with van der Waals surface area (Å²) >= 11 is 5.86. The molecule has 0 spiro atoms. The van der Waals surface area contributed by atoms with Crippen molar-refractivity contribution in [2.45, 2.75) is 31.2 Å². The summed E-state index contributed by atoms with van der Waals surface area (Å²) in [6.07, 6.45) is 5.53. The third kappa shape index (κ3) is 5.67. The van der Waals surface area contributed by atoms with Crippen molar-refractivity contribution in [2.24, 2.45) is 0 Å². The summed E-state index contributed by atoms with van der Waals surface area (Å²) in [6.45, 7) is 6.70. The number of aliphatic hydroxyl groups excluding tert-OH is 1. The Morgan fingerprint density at radius 3 is 2.71 bits per heavy atom. The molecule has 1 aromatic carbocycles. The van der Waals surface area contributed by atoms with Gasteiger partial charge < -0.3 is 25.5 Å². The molecule has 182 valence electrons. The van der Waals surface area contributed by atoms with Gasteiger partial charge in [0.15, 0.2) is 0 Å². The molecule has 2 aromatic rings. The van der Waals surface area contributed by atoms with Crippen molar-refractivity contribution in [1.29, 1.82) is 0 Å². The van der Waals surface area contributed by atoms with Crippen LogP contribution < -0.4 is 15.5 Å². The Morgan fingerprint density at radius 1 is 1.26 bits per heavy atom. The highest BCUT2D eigenvalue weighted by Crippen LogP contribution is 2.34. The molecule has 2 fully saturated rings. The van der Waals surface area contributed by atoms with E-state index in [9.17, 15) is 9.90 Å². The van der Waals surface area contributed by atoms with E-state index in [1.165, 1.54) is 6.08 Å². The first-order valence-electron chi connectivity index (χ1n) is 11.5. The van der Waals surface area contributed by atoms with E-state index in [1.807, 2.05) is 23.1 Å². The fourth-order valence-corrected chi connectivity index (χ4v) is 4.65. The number of aliphatic hydroxyl groups is 1. The van der Waals surface area contributed by atoms with Crippen LogP contribution in [0.25, 0.3) is 0 Å². The molecule has 9 nitrogen and oxygen atoms in total. The van der Waals surface area contributed by atoms with Gasteiger partial charge in [0, 0.05) is 38.3 Å². The normalized spacial score (nSPS) is 21.6. The van der Waals surface area contributed by atoms with E-state index in [2.05, 4.69) is 51.1 Å². The van der Waals surface area contributed by atoms with E-state index >= 15 is 0 Å². The first-order chi connectivity index (χ1) is 16.3. The number of amides is 1. The first-order valence-corrected chi connectivity index (χ1v) is 11.9. The van der Waals surface area contributed by atoms with Gasteiger partial charge in [-0.15, -0.1) is 0 Å². The van der Waals surface area contributed by atoms with Crippen molar-refractivity contribution in [3.05, 3.63) is 53.8 Å². The lowest BCUT2D eigenvalue weighted by atomic mass is 10.1. The van der Waals surface area contributed by atoms with Crippen molar-refractivity contribution >= 4 is 34.8 Å². The lowest BCUT2D eigenvalue weighted by Gasteiger charge is -2.27. The second kappa shape index (κ2) is 10.7. The molecule has 34 heavy (non-hydrogen) atoms. The monoisotopic (exact) mass is 485 g/mol. The Bertz CT molecular complexity index is 1020. The third-order valence-corrected chi connectivity index (χ3v) is 6.71. The summed E-state index contributed by atoms with van der Waals surface area (Å²) in [6, 6.07) is 6.30. The molecule has 1 aromatic heterocycles. The molecular formula is C24H32ClN7O2. The number of hydrogen-bond donors (Lipinski definition) is 3. The van der Waals surface area contributed by atoms with Crippen molar-refractivity contribution in [3.63, 3.8) is 0 Å². The van der Waals surface area contributed by atoms with E-state index in [0.29, 0.717) is 23.6 Å². The average molecular weight is 486 g/mol. The Kier molecular flexibility index (Phi) is 7.67. The van der Waals surface area contributed by atoms with E-state index in [1.54, 1.807) is 12.4 Å². The highest BCUT2D eigenvalue weighted by molar-refractivity contribution is 6.30. The number of nitrogens with one attached hydrogen (secondary N) is 2. The van der Waals surface area contributed by atoms with Gasteiger partial charge in [-0.05, 0) is 50.7 Å². The maximum absolute atomic E-state index is 12.0. The van der Waals surface area contributed by atoms with Crippen molar-refractivity contribution < 1.29 is 9.90 Å². The van der Waals surface area contributed by atoms with Crippen molar-refractivity contribution in [2.75, 3.05) is 55.8 Å². The number of anilines is 3. The smallest absolute Gasteiger partial charge is 0.247 e. The zero-order valence-electron chi connectivity index (χ0n) is 19.6. The predicted molar refractivity (Wildman–Crippen MR) is 135 cm³/mol. The van der Waals surface area contributed by atoms with Crippen LogP contribution in [0.3, 0.4) is 0 Å². The molecule has 0 saturated carbocycles. The standard InChI is InChI=1S/C24H32ClN7O2/c1-4-22(33)29-20-6-5-16(11-21(20)31-10-8-19(15-31)30(2)3)23(34)32-9-7-18(14-32)28-24-26-12-17(25)13-27-24/h4-6,11-13,18-19,23,34H,1,7-10,14-15H2,2-3H3,(H,29,33)(H,26,27,28)/t18-,19?,23?/m1/s1. The second-order valence-corrected chi connectivity index (χ2v) is 9.48. The molecule has 0 aliphatic carbocycles. The summed E-state index contributed by atoms with van der Waals surface area (Å²) in [7, 11) is 4.17. The maximum atomic E-state index is 12.0. The number of hydrogen-bond acceptors (Lipinski definition) is 8. The van der Waals surface area contributed by atoms with E-state index in [0.717, 1.165) is 49.4 Å². The number of carbonyl (C=O) groups excluding carboxylic acids is 1. The molecule has 3 N–H and O–H groups in total. The lowest BCUT2D eigenvalue weighted by molar-refractivity contribution is -0.111. The highest BCUT2D eigenvalue weighted by atomic mass is 35.5. The summed E-state index contributed by atoms with van der Waals surface area (Å²) in [5.41, 5.74) is 2.43. The van der Waals surface area contributed by atoms with Gasteiger partial charge in [-0.2, -0.15) is 0 Å². The van der Waals surface area contributed by atoms with Gasteiger partial charge in [-0.3, -0.25) is 9.69 Å². The largest absolute Gasteiger partial charge is 0.374 e. The van der Waals surface area contributed by atoms with E-state index in [4.69, 9.17) is 11.6 Å². The minimum atomic E-state index is -0.756. The van der Waals surface area contributed by atoms with Gasteiger partial charge in [-0.1, -0.05) is 24.2 Å². The number of aromatic nitrogens is 2. The number of halogens is 1. The SMILES string of the molecule is C=CC(=O)Nc1ccc(C(O)N2CC[C@@H](Nc3ncc(Cl)cn3)C2)cc1N1CCC(N(C)C)C1. The van der Waals surface area contributed by atoms with Gasteiger partial charge in [0.2, 0.25) is 11.9 Å². The zero-order valence-corrected chi connectivity index (χ0v) is 20.4. The molecule has 2 saturated heterocycles. The molecule has 3 atom stereocenters. The second-order valence-electron chi connectivity index (χ2n) is 9.05. The van der Waals surface area contributed by atoms with Crippen LogP contribution >= 0.6 is 11.6 Å².